The third-order valence-electron chi connectivity index (χ3n) is 3.54. The normalized spacial score (nSPS) is 15.8. The van der Waals surface area contributed by atoms with Crippen molar-refractivity contribution in [1.82, 2.24) is 5.32 Å². The summed E-state index contributed by atoms with van der Waals surface area (Å²) in [7, 11) is 0. The van der Waals surface area contributed by atoms with E-state index in [0.29, 0.717) is 5.56 Å². The molecule has 0 atom stereocenters. The average molecular weight is 255 g/mol. The van der Waals surface area contributed by atoms with Crippen LogP contribution in [0.3, 0.4) is 0 Å². The minimum Gasteiger partial charge on any atom is -0.343 e. The Balaban J connectivity index is 1.78. The highest BCUT2D eigenvalue weighted by Crippen LogP contribution is 2.45. The first-order valence-corrected chi connectivity index (χ1v) is 6.33. The molecule has 2 nitrogen and oxygen atoms in total. The van der Waals surface area contributed by atoms with Crippen LogP contribution in [0.25, 0.3) is 0 Å². The number of carbonyl (C=O) groups is 1. The molecule has 96 valence electrons. The molecule has 0 radical (unpaired) electrons. The van der Waals surface area contributed by atoms with Gasteiger partial charge in [0, 0.05) is 5.56 Å². The van der Waals surface area contributed by atoms with Crippen molar-refractivity contribution in [2.45, 2.75) is 18.4 Å². The molecule has 3 heteroatoms. The quantitative estimate of drug-likeness (QED) is 0.896. The number of benzene rings is 2. The first-order chi connectivity index (χ1) is 9.20. The maximum Gasteiger partial charge on any atom is 0.251 e. The van der Waals surface area contributed by atoms with Crippen LogP contribution in [-0.4, -0.2) is 5.91 Å². The Labute approximate surface area is 111 Å². The first-order valence-electron chi connectivity index (χ1n) is 6.33. The van der Waals surface area contributed by atoms with E-state index < -0.39 is 0 Å². The van der Waals surface area contributed by atoms with Crippen LogP contribution in [0.1, 0.15) is 28.8 Å². The summed E-state index contributed by atoms with van der Waals surface area (Å²) in [5, 5.41) is 3.06. The van der Waals surface area contributed by atoms with Gasteiger partial charge in [0.15, 0.2) is 0 Å². The van der Waals surface area contributed by atoms with E-state index in [9.17, 15) is 9.18 Å². The van der Waals surface area contributed by atoms with E-state index in [4.69, 9.17) is 0 Å². The maximum atomic E-state index is 12.8. The summed E-state index contributed by atoms with van der Waals surface area (Å²) in [4.78, 5) is 12.2. The van der Waals surface area contributed by atoms with Crippen molar-refractivity contribution in [3.63, 3.8) is 0 Å². The highest BCUT2D eigenvalue weighted by Gasteiger charge is 2.45. The lowest BCUT2D eigenvalue weighted by molar-refractivity contribution is 0.0931. The summed E-state index contributed by atoms with van der Waals surface area (Å²) in [6, 6.07) is 15.6. The van der Waals surface area contributed by atoms with Gasteiger partial charge in [-0.3, -0.25) is 4.79 Å². The standard InChI is InChI=1S/C16H14FNO/c17-14-8-6-12(7-9-14)15(19)18-16(10-11-16)13-4-2-1-3-5-13/h1-9H,10-11H2,(H,18,19). The summed E-state index contributed by atoms with van der Waals surface area (Å²) in [6.45, 7) is 0. The molecule has 3 rings (SSSR count). The SMILES string of the molecule is O=C(NC1(c2ccccc2)CC1)c1ccc(F)cc1. The van der Waals surface area contributed by atoms with Gasteiger partial charge in [-0.15, -0.1) is 0 Å². The number of rotatable bonds is 3. The summed E-state index contributed by atoms with van der Waals surface area (Å²) < 4.78 is 12.8. The van der Waals surface area contributed by atoms with Crippen LogP contribution in [0.2, 0.25) is 0 Å². The minimum atomic E-state index is -0.333. The topological polar surface area (TPSA) is 29.1 Å². The van der Waals surface area contributed by atoms with Crippen molar-refractivity contribution in [1.29, 1.82) is 0 Å². The molecule has 0 heterocycles. The molecule has 0 aliphatic heterocycles. The van der Waals surface area contributed by atoms with Gasteiger partial charge in [0.2, 0.25) is 0 Å². The molecule has 1 saturated carbocycles. The van der Waals surface area contributed by atoms with Crippen molar-refractivity contribution in [3.05, 3.63) is 71.5 Å². The highest BCUT2D eigenvalue weighted by molar-refractivity contribution is 5.95. The van der Waals surface area contributed by atoms with E-state index in [2.05, 4.69) is 5.32 Å². The number of carbonyl (C=O) groups excluding carboxylic acids is 1. The molecule has 0 spiro atoms. The Morgan fingerprint density at radius 1 is 1.00 bits per heavy atom. The van der Waals surface area contributed by atoms with Gasteiger partial charge >= 0.3 is 0 Å². The van der Waals surface area contributed by atoms with Crippen molar-refractivity contribution in [2.24, 2.45) is 0 Å². The molecule has 2 aromatic carbocycles. The largest absolute Gasteiger partial charge is 0.343 e. The second-order valence-corrected chi connectivity index (χ2v) is 4.91. The molecule has 0 saturated heterocycles. The van der Waals surface area contributed by atoms with Gasteiger partial charge in [-0.2, -0.15) is 0 Å². The second-order valence-electron chi connectivity index (χ2n) is 4.91. The molecule has 1 fully saturated rings. The van der Waals surface area contributed by atoms with Gasteiger partial charge in [0.05, 0.1) is 5.54 Å². The predicted octanol–water partition coefficient (Wildman–Crippen LogP) is 3.24. The van der Waals surface area contributed by atoms with E-state index >= 15 is 0 Å². The smallest absolute Gasteiger partial charge is 0.251 e. The van der Waals surface area contributed by atoms with Crippen LogP contribution in [-0.2, 0) is 5.54 Å². The van der Waals surface area contributed by atoms with Crippen LogP contribution >= 0.6 is 0 Å². The van der Waals surface area contributed by atoms with Gasteiger partial charge in [0.1, 0.15) is 5.82 Å². The molecular weight excluding hydrogens is 241 g/mol. The lowest BCUT2D eigenvalue weighted by atomic mass is 10.0. The molecule has 1 aliphatic rings. The zero-order chi connectivity index (χ0) is 13.3. The predicted molar refractivity (Wildman–Crippen MR) is 71.2 cm³/mol. The molecule has 19 heavy (non-hydrogen) atoms. The molecule has 1 amide bonds. The molecular formula is C16H14FNO. The summed E-state index contributed by atoms with van der Waals surface area (Å²) >= 11 is 0. The maximum absolute atomic E-state index is 12.8. The van der Waals surface area contributed by atoms with Crippen LogP contribution < -0.4 is 5.32 Å². The van der Waals surface area contributed by atoms with Crippen LogP contribution in [0.4, 0.5) is 4.39 Å². The van der Waals surface area contributed by atoms with Gasteiger partial charge in [-0.1, -0.05) is 30.3 Å². The second kappa shape index (κ2) is 4.50. The Morgan fingerprint density at radius 3 is 2.21 bits per heavy atom. The van der Waals surface area contributed by atoms with Crippen molar-refractivity contribution >= 4 is 5.91 Å². The Morgan fingerprint density at radius 2 is 1.63 bits per heavy atom. The third kappa shape index (κ3) is 2.36. The number of amides is 1. The zero-order valence-corrected chi connectivity index (χ0v) is 10.4. The fraction of sp³-hybridized carbons (Fsp3) is 0.188. The number of hydrogen-bond acceptors (Lipinski definition) is 1. The molecule has 0 aromatic heterocycles. The average Bonchev–Trinajstić information content (AvgIpc) is 3.21. The molecule has 2 aromatic rings. The van der Waals surface area contributed by atoms with E-state index in [0.717, 1.165) is 18.4 Å². The summed E-state index contributed by atoms with van der Waals surface area (Å²) in [6.07, 6.45) is 1.90. The fourth-order valence-corrected chi connectivity index (χ4v) is 2.26. The van der Waals surface area contributed by atoms with E-state index in [1.807, 2.05) is 30.3 Å². The van der Waals surface area contributed by atoms with Crippen molar-refractivity contribution in [2.75, 3.05) is 0 Å². The Bertz CT molecular complexity index is 588. The van der Waals surface area contributed by atoms with Gasteiger partial charge in [-0.05, 0) is 42.7 Å². The molecule has 1 N–H and O–H groups in total. The number of nitrogens with one attached hydrogen (secondary N) is 1. The van der Waals surface area contributed by atoms with Crippen LogP contribution in [0.15, 0.2) is 54.6 Å². The van der Waals surface area contributed by atoms with Gasteiger partial charge in [0.25, 0.3) is 5.91 Å². The van der Waals surface area contributed by atoms with Crippen LogP contribution in [0, 0.1) is 5.82 Å². The van der Waals surface area contributed by atoms with Crippen molar-refractivity contribution < 1.29 is 9.18 Å². The fourth-order valence-electron chi connectivity index (χ4n) is 2.26. The number of halogens is 1. The van der Waals surface area contributed by atoms with Gasteiger partial charge < -0.3 is 5.32 Å². The third-order valence-corrected chi connectivity index (χ3v) is 3.54. The van der Waals surface area contributed by atoms with E-state index in [-0.39, 0.29) is 17.3 Å². The summed E-state index contributed by atoms with van der Waals surface area (Å²) in [5.41, 5.74) is 1.39. The first kappa shape index (κ1) is 11.9. The molecule has 0 unspecified atom stereocenters. The summed E-state index contributed by atoms with van der Waals surface area (Å²) in [5.74, 6) is -0.484. The lowest BCUT2D eigenvalue weighted by Crippen LogP contribution is -2.34. The van der Waals surface area contributed by atoms with Crippen molar-refractivity contribution in [3.8, 4) is 0 Å². The van der Waals surface area contributed by atoms with Gasteiger partial charge in [-0.25, -0.2) is 4.39 Å². The Kier molecular flexibility index (Phi) is 2.82. The zero-order valence-electron chi connectivity index (χ0n) is 10.4. The number of hydrogen-bond donors (Lipinski definition) is 1. The molecule has 0 bridgehead atoms. The van der Waals surface area contributed by atoms with E-state index in [1.165, 1.54) is 24.3 Å². The minimum absolute atomic E-state index is 0.152. The monoisotopic (exact) mass is 255 g/mol. The lowest BCUT2D eigenvalue weighted by Gasteiger charge is -2.18. The van der Waals surface area contributed by atoms with Crippen LogP contribution in [0.5, 0.6) is 0 Å². The Hall–Kier alpha value is -2.16. The molecule has 1 aliphatic carbocycles. The highest BCUT2D eigenvalue weighted by atomic mass is 19.1. The van der Waals surface area contributed by atoms with E-state index in [1.54, 1.807) is 0 Å².